The number of hydrogen-bond donors (Lipinski definition) is 0. The number of benzene rings is 6. The summed E-state index contributed by atoms with van der Waals surface area (Å²) in [4.78, 5) is 16.9. The molecular formula is C39H24N4. The Kier molecular flexibility index (Phi) is 5.16. The summed E-state index contributed by atoms with van der Waals surface area (Å²) in [5, 5.41) is 5.94. The Labute approximate surface area is 248 Å². The van der Waals surface area contributed by atoms with E-state index >= 15 is 0 Å². The summed E-state index contributed by atoms with van der Waals surface area (Å²) < 4.78 is 0. The second-order valence-electron chi connectivity index (χ2n) is 10.9. The number of nitrogens with zero attached hydrogens (tertiary/aromatic N) is 4. The van der Waals surface area contributed by atoms with Gasteiger partial charge in [-0.1, -0.05) is 97.1 Å². The molecule has 0 fully saturated rings. The molecule has 43 heavy (non-hydrogen) atoms. The minimum absolute atomic E-state index is 0.688. The second kappa shape index (κ2) is 9.33. The molecule has 0 atom stereocenters. The lowest BCUT2D eigenvalue weighted by Gasteiger charge is -2.34. The standard InChI is InChI=1S/C39H24N4/c1-2-15-30-25(9-1)20-21-32-31-17-6-10-26-11-7-19-35(36(26)31)43(38(30)32)29-14-5-12-27(23-29)39-41-34-18-4-3-16-33(34)37(42-39)28-13-8-22-40-24-28/h1-24H. The number of pyridine rings is 1. The van der Waals surface area contributed by atoms with Crippen LogP contribution in [0.5, 0.6) is 0 Å². The number of anilines is 3. The third kappa shape index (κ3) is 3.67. The molecule has 1 aliphatic heterocycles. The minimum atomic E-state index is 0.688. The van der Waals surface area contributed by atoms with Crippen LogP contribution in [0.25, 0.3) is 66.2 Å². The van der Waals surface area contributed by atoms with E-state index in [4.69, 9.17) is 9.97 Å². The molecule has 0 unspecified atom stereocenters. The van der Waals surface area contributed by atoms with Crippen molar-refractivity contribution in [2.24, 2.45) is 0 Å². The molecule has 0 saturated carbocycles. The van der Waals surface area contributed by atoms with E-state index in [9.17, 15) is 0 Å². The van der Waals surface area contributed by atoms with Crippen LogP contribution in [0.3, 0.4) is 0 Å². The van der Waals surface area contributed by atoms with E-state index in [-0.39, 0.29) is 0 Å². The van der Waals surface area contributed by atoms with Gasteiger partial charge in [-0.05, 0) is 52.7 Å². The Morgan fingerprint density at radius 1 is 0.535 bits per heavy atom. The molecule has 4 heteroatoms. The molecule has 2 aromatic heterocycles. The highest BCUT2D eigenvalue weighted by atomic mass is 15.2. The Balaban J connectivity index is 1.30. The first-order valence-electron chi connectivity index (χ1n) is 14.5. The van der Waals surface area contributed by atoms with Gasteiger partial charge in [-0.25, -0.2) is 9.97 Å². The molecule has 0 bridgehead atoms. The van der Waals surface area contributed by atoms with Crippen molar-refractivity contribution >= 4 is 49.5 Å². The van der Waals surface area contributed by atoms with Gasteiger partial charge in [-0.2, -0.15) is 0 Å². The van der Waals surface area contributed by atoms with Crippen LogP contribution in [0.15, 0.2) is 146 Å². The van der Waals surface area contributed by atoms with Crippen molar-refractivity contribution in [1.29, 1.82) is 0 Å². The number of rotatable bonds is 3. The van der Waals surface area contributed by atoms with Crippen molar-refractivity contribution in [3.63, 3.8) is 0 Å². The van der Waals surface area contributed by atoms with Crippen LogP contribution in [0.1, 0.15) is 0 Å². The van der Waals surface area contributed by atoms with Crippen molar-refractivity contribution < 1.29 is 0 Å². The van der Waals surface area contributed by atoms with Gasteiger partial charge in [-0.15, -0.1) is 0 Å². The fourth-order valence-electron chi connectivity index (χ4n) is 6.55. The van der Waals surface area contributed by atoms with Gasteiger partial charge < -0.3 is 4.90 Å². The van der Waals surface area contributed by atoms with Crippen LogP contribution in [0.2, 0.25) is 0 Å². The summed E-state index contributed by atoms with van der Waals surface area (Å²) in [6, 6.07) is 47.1. The second-order valence-corrected chi connectivity index (χ2v) is 10.9. The van der Waals surface area contributed by atoms with Gasteiger partial charge in [0, 0.05) is 50.9 Å². The predicted molar refractivity (Wildman–Crippen MR) is 177 cm³/mol. The SMILES string of the molecule is c1cncc(-c2nc(-c3cccc(N4c5c(ccc6ccccc56)-c5cccc6cccc4c56)c3)nc3ccccc23)c1. The summed E-state index contributed by atoms with van der Waals surface area (Å²) in [5.41, 5.74) is 9.64. The smallest absolute Gasteiger partial charge is 0.160 e. The van der Waals surface area contributed by atoms with Crippen molar-refractivity contribution in [2.75, 3.05) is 4.90 Å². The summed E-state index contributed by atoms with van der Waals surface area (Å²) in [5.74, 6) is 0.688. The Morgan fingerprint density at radius 2 is 1.33 bits per heavy atom. The number of hydrogen-bond acceptors (Lipinski definition) is 4. The van der Waals surface area contributed by atoms with Crippen LogP contribution in [-0.4, -0.2) is 15.0 Å². The van der Waals surface area contributed by atoms with E-state index in [1.165, 1.54) is 44.0 Å². The molecule has 0 radical (unpaired) electrons. The molecule has 0 spiro atoms. The number of para-hydroxylation sites is 1. The van der Waals surface area contributed by atoms with Gasteiger partial charge in [0.05, 0.1) is 22.6 Å². The van der Waals surface area contributed by atoms with Crippen LogP contribution in [0, 0.1) is 0 Å². The number of aromatic nitrogens is 3. The topological polar surface area (TPSA) is 41.9 Å². The predicted octanol–water partition coefficient (Wildman–Crippen LogP) is 10.1. The molecule has 0 amide bonds. The van der Waals surface area contributed by atoms with E-state index in [0.29, 0.717) is 5.82 Å². The van der Waals surface area contributed by atoms with E-state index in [1.54, 1.807) is 6.20 Å². The van der Waals surface area contributed by atoms with E-state index in [0.717, 1.165) is 33.4 Å². The van der Waals surface area contributed by atoms with E-state index in [1.807, 2.05) is 24.4 Å². The highest BCUT2D eigenvalue weighted by Gasteiger charge is 2.28. The molecule has 0 N–H and O–H groups in total. The van der Waals surface area contributed by atoms with Crippen LogP contribution in [0.4, 0.5) is 17.1 Å². The molecule has 3 heterocycles. The molecule has 8 aromatic rings. The third-order valence-corrected chi connectivity index (χ3v) is 8.44. The van der Waals surface area contributed by atoms with Crippen LogP contribution < -0.4 is 4.90 Å². The minimum Gasteiger partial charge on any atom is -0.309 e. The highest BCUT2D eigenvalue weighted by Crippen LogP contribution is 2.53. The van der Waals surface area contributed by atoms with Gasteiger partial charge in [0.15, 0.2) is 5.82 Å². The van der Waals surface area contributed by atoms with Gasteiger partial charge in [-0.3, -0.25) is 4.98 Å². The van der Waals surface area contributed by atoms with Crippen molar-refractivity contribution in [1.82, 2.24) is 15.0 Å². The van der Waals surface area contributed by atoms with Gasteiger partial charge in [0.1, 0.15) is 0 Å². The highest BCUT2D eigenvalue weighted by molar-refractivity contribution is 6.18. The largest absolute Gasteiger partial charge is 0.309 e. The fraction of sp³-hybridized carbons (Fsp3) is 0. The molecule has 4 nitrogen and oxygen atoms in total. The lowest BCUT2D eigenvalue weighted by Crippen LogP contribution is -2.15. The molecule has 9 rings (SSSR count). The first-order valence-corrected chi connectivity index (χ1v) is 14.5. The van der Waals surface area contributed by atoms with Crippen molar-refractivity contribution in [3.05, 3.63) is 146 Å². The van der Waals surface area contributed by atoms with Crippen LogP contribution in [-0.2, 0) is 0 Å². The summed E-state index contributed by atoms with van der Waals surface area (Å²) >= 11 is 0. The first-order chi connectivity index (χ1) is 21.3. The summed E-state index contributed by atoms with van der Waals surface area (Å²) in [6.07, 6.45) is 3.65. The normalized spacial score (nSPS) is 12.1. The average Bonchev–Trinajstić information content (AvgIpc) is 3.08. The summed E-state index contributed by atoms with van der Waals surface area (Å²) in [6.45, 7) is 0. The first kappa shape index (κ1) is 23.8. The van der Waals surface area contributed by atoms with Gasteiger partial charge in [0.2, 0.25) is 0 Å². The Morgan fingerprint density at radius 3 is 2.23 bits per heavy atom. The maximum atomic E-state index is 5.13. The zero-order chi connectivity index (χ0) is 28.3. The molecule has 0 aliphatic carbocycles. The van der Waals surface area contributed by atoms with E-state index < -0.39 is 0 Å². The fourth-order valence-corrected chi connectivity index (χ4v) is 6.55. The lowest BCUT2D eigenvalue weighted by atomic mass is 9.88. The van der Waals surface area contributed by atoms with Crippen LogP contribution >= 0.6 is 0 Å². The van der Waals surface area contributed by atoms with Gasteiger partial charge >= 0.3 is 0 Å². The summed E-state index contributed by atoms with van der Waals surface area (Å²) in [7, 11) is 0. The Bertz CT molecular complexity index is 2360. The van der Waals surface area contributed by atoms with Crippen molar-refractivity contribution in [2.45, 2.75) is 0 Å². The zero-order valence-electron chi connectivity index (χ0n) is 23.1. The average molecular weight is 549 g/mol. The maximum Gasteiger partial charge on any atom is 0.160 e. The molecule has 200 valence electrons. The van der Waals surface area contributed by atoms with E-state index in [2.05, 4.69) is 125 Å². The zero-order valence-corrected chi connectivity index (χ0v) is 23.1. The molecule has 0 saturated heterocycles. The lowest BCUT2D eigenvalue weighted by molar-refractivity contribution is 1.21. The van der Waals surface area contributed by atoms with Crippen molar-refractivity contribution in [3.8, 4) is 33.8 Å². The number of fused-ring (bicyclic) bond motifs is 5. The monoisotopic (exact) mass is 548 g/mol. The quantitative estimate of drug-likeness (QED) is 0.220. The Hall–Kier alpha value is -5.87. The maximum absolute atomic E-state index is 5.13. The molecule has 6 aromatic carbocycles. The third-order valence-electron chi connectivity index (χ3n) is 8.44. The molecule has 1 aliphatic rings. The van der Waals surface area contributed by atoms with Gasteiger partial charge in [0.25, 0.3) is 0 Å². The molecular weight excluding hydrogens is 524 g/mol.